The highest BCUT2D eigenvalue weighted by Gasteiger charge is 2.64. The highest BCUT2D eigenvalue weighted by Crippen LogP contribution is 2.62. The van der Waals surface area contributed by atoms with Crippen LogP contribution in [0.4, 0.5) is 0 Å². The molecule has 0 bridgehead atoms. The maximum atomic E-state index is 3.44. The van der Waals surface area contributed by atoms with Crippen molar-refractivity contribution in [3.05, 3.63) is 0 Å². The smallest absolute Gasteiger partial charge is 0.0141 e. The molecular weight excluding hydrogens is 86.1 g/mol. The molecule has 7 heavy (non-hydrogen) atoms. The minimum Gasteiger partial charge on any atom is -0.313 e. The molecule has 0 spiro atoms. The molecule has 0 aromatic heterocycles. The highest BCUT2D eigenvalue weighted by atomic mass is 15.1. The molecule has 2 aliphatic carbocycles. The number of rotatable bonds is 0. The summed E-state index contributed by atoms with van der Waals surface area (Å²) in [5.41, 5.74) is 0. The van der Waals surface area contributed by atoms with E-state index in [2.05, 4.69) is 5.32 Å². The minimum absolute atomic E-state index is 1.00. The summed E-state index contributed by atoms with van der Waals surface area (Å²) in [5.74, 6) is 3.50. The SMILES string of the molecule is C1N[C@@H]2C1[C@@H]1CC12. The van der Waals surface area contributed by atoms with Crippen molar-refractivity contribution in [2.24, 2.45) is 17.8 Å². The Labute approximate surface area is 43.1 Å². The Bertz CT molecular complexity index is 107. The lowest BCUT2D eigenvalue weighted by Crippen LogP contribution is -2.61. The van der Waals surface area contributed by atoms with Gasteiger partial charge in [-0.2, -0.15) is 0 Å². The summed E-state index contributed by atoms with van der Waals surface area (Å²) < 4.78 is 0. The van der Waals surface area contributed by atoms with Crippen LogP contribution in [0.25, 0.3) is 0 Å². The molecule has 1 heterocycles. The largest absolute Gasteiger partial charge is 0.313 e. The second-order valence-electron chi connectivity index (χ2n) is 3.16. The van der Waals surface area contributed by atoms with Crippen LogP contribution in [-0.2, 0) is 0 Å². The average molecular weight is 95.1 g/mol. The maximum Gasteiger partial charge on any atom is 0.0141 e. The molecule has 1 nitrogen and oxygen atoms in total. The Morgan fingerprint density at radius 2 is 2.14 bits per heavy atom. The predicted molar refractivity (Wildman–Crippen MR) is 26.9 cm³/mol. The van der Waals surface area contributed by atoms with Crippen molar-refractivity contribution in [1.82, 2.24) is 5.32 Å². The zero-order chi connectivity index (χ0) is 4.43. The summed E-state index contributed by atoms with van der Waals surface area (Å²) in [7, 11) is 0. The van der Waals surface area contributed by atoms with Gasteiger partial charge in [-0.15, -0.1) is 0 Å². The molecule has 38 valence electrons. The zero-order valence-electron chi connectivity index (χ0n) is 4.22. The molecule has 1 saturated heterocycles. The number of piperidine rings is 1. The van der Waals surface area contributed by atoms with Gasteiger partial charge in [0.2, 0.25) is 0 Å². The summed E-state index contributed by atoms with van der Waals surface area (Å²) in [4.78, 5) is 0. The van der Waals surface area contributed by atoms with Crippen molar-refractivity contribution < 1.29 is 0 Å². The van der Waals surface area contributed by atoms with Crippen LogP contribution in [-0.4, -0.2) is 12.6 Å². The van der Waals surface area contributed by atoms with Crippen LogP contribution in [0.1, 0.15) is 6.42 Å². The molecule has 3 aliphatic rings. The minimum atomic E-state index is 1.00. The number of hydrogen-bond donors (Lipinski definition) is 1. The molecule has 2 unspecified atom stereocenters. The first-order chi connectivity index (χ1) is 3.47. The van der Waals surface area contributed by atoms with E-state index >= 15 is 0 Å². The maximum absolute atomic E-state index is 3.44. The third-order valence-electron chi connectivity index (χ3n) is 2.95. The quantitative estimate of drug-likeness (QED) is 0.454. The summed E-state index contributed by atoms with van der Waals surface area (Å²) in [6.07, 6.45) is 1.56. The van der Waals surface area contributed by atoms with Crippen molar-refractivity contribution in [3.63, 3.8) is 0 Å². The van der Waals surface area contributed by atoms with Crippen LogP contribution in [0.5, 0.6) is 0 Å². The first-order valence-electron chi connectivity index (χ1n) is 3.20. The van der Waals surface area contributed by atoms with Gasteiger partial charge >= 0.3 is 0 Å². The Morgan fingerprint density at radius 3 is 2.43 bits per heavy atom. The third kappa shape index (κ3) is 0.177. The Kier molecular flexibility index (Phi) is 0.288. The third-order valence-corrected chi connectivity index (χ3v) is 2.95. The van der Waals surface area contributed by atoms with E-state index in [0.717, 1.165) is 17.9 Å². The topological polar surface area (TPSA) is 12.0 Å². The summed E-state index contributed by atoms with van der Waals surface area (Å²) in [6, 6.07) is 1.00. The molecule has 2 saturated carbocycles. The van der Waals surface area contributed by atoms with E-state index in [1.165, 1.54) is 12.5 Å². The van der Waals surface area contributed by atoms with Gasteiger partial charge in [-0.25, -0.2) is 0 Å². The van der Waals surface area contributed by atoms with Crippen LogP contribution in [0, 0.1) is 17.8 Å². The first-order valence-corrected chi connectivity index (χ1v) is 3.20. The molecule has 1 N–H and O–H groups in total. The average Bonchev–Trinajstić information content (AvgIpc) is 2.14. The monoisotopic (exact) mass is 95.1 g/mol. The van der Waals surface area contributed by atoms with Crippen LogP contribution < -0.4 is 5.32 Å². The molecule has 4 atom stereocenters. The fraction of sp³-hybridized carbons (Fsp3) is 1.00. The van der Waals surface area contributed by atoms with E-state index < -0.39 is 0 Å². The van der Waals surface area contributed by atoms with Crippen molar-refractivity contribution in [1.29, 1.82) is 0 Å². The number of hydrogen-bond acceptors (Lipinski definition) is 1. The molecule has 0 aromatic carbocycles. The zero-order valence-corrected chi connectivity index (χ0v) is 4.22. The van der Waals surface area contributed by atoms with Gasteiger partial charge < -0.3 is 5.32 Å². The van der Waals surface area contributed by atoms with E-state index in [9.17, 15) is 0 Å². The lowest BCUT2D eigenvalue weighted by molar-refractivity contribution is 0.0928. The van der Waals surface area contributed by atoms with Gasteiger partial charge in [0.15, 0.2) is 0 Å². The number of fused-ring (bicyclic) bond motifs is 4. The Balaban J connectivity index is 1.98. The van der Waals surface area contributed by atoms with Crippen LogP contribution in [0.2, 0.25) is 0 Å². The van der Waals surface area contributed by atoms with Crippen molar-refractivity contribution in [2.45, 2.75) is 12.5 Å². The van der Waals surface area contributed by atoms with Gasteiger partial charge in [0, 0.05) is 12.6 Å². The van der Waals surface area contributed by atoms with E-state index in [4.69, 9.17) is 0 Å². The predicted octanol–water partition coefficient (Wildman–Crippen LogP) is 0.224. The molecule has 3 fully saturated rings. The van der Waals surface area contributed by atoms with Gasteiger partial charge in [-0.05, 0) is 24.2 Å². The normalized spacial score (nSPS) is 72.0. The van der Waals surface area contributed by atoms with Crippen molar-refractivity contribution in [2.75, 3.05) is 6.54 Å². The van der Waals surface area contributed by atoms with Crippen LogP contribution in [0.15, 0.2) is 0 Å². The first kappa shape index (κ1) is 3.08. The number of nitrogens with one attached hydrogen (secondary N) is 1. The fourth-order valence-corrected chi connectivity index (χ4v) is 2.27. The van der Waals surface area contributed by atoms with Crippen LogP contribution in [0.3, 0.4) is 0 Å². The fourth-order valence-electron chi connectivity index (χ4n) is 2.27. The van der Waals surface area contributed by atoms with Gasteiger partial charge in [0.1, 0.15) is 0 Å². The van der Waals surface area contributed by atoms with E-state index in [0.29, 0.717) is 0 Å². The molecular formula is C6H9N. The summed E-state index contributed by atoms with van der Waals surface area (Å²) >= 11 is 0. The van der Waals surface area contributed by atoms with Gasteiger partial charge in [0.25, 0.3) is 0 Å². The molecule has 0 amide bonds. The highest BCUT2D eigenvalue weighted by molar-refractivity contribution is 5.18. The van der Waals surface area contributed by atoms with E-state index in [1.807, 2.05) is 0 Å². The second-order valence-corrected chi connectivity index (χ2v) is 3.16. The molecule has 0 radical (unpaired) electrons. The lowest BCUT2D eigenvalue weighted by Gasteiger charge is -2.46. The van der Waals surface area contributed by atoms with Crippen LogP contribution >= 0.6 is 0 Å². The van der Waals surface area contributed by atoms with Gasteiger partial charge in [0.05, 0.1) is 0 Å². The van der Waals surface area contributed by atoms with E-state index in [-0.39, 0.29) is 0 Å². The second kappa shape index (κ2) is 0.655. The van der Waals surface area contributed by atoms with Crippen molar-refractivity contribution in [3.8, 4) is 0 Å². The molecule has 1 aliphatic heterocycles. The summed E-state index contributed by atoms with van der Waals surface area (Å²) in [6.45, 7) is 1.34. The molecule has 1 heteroatoms. The lowest BCUT2D eigenvalue weighted by atomic mass is 9.73. The standard InChI is InChI=1S/C6H9N/c1-3-4(1)6-5(3)2-7-6/h3-7H,1-2H2/t3-,4?,5?,6+/m1/s1. The summed E-state index contributed by atoms with van der Waals surface area (Å²) in [5, 5.41) is 3.44. The molecule has 0 aromatic rings. The van der Waals surface area contributed by atoms with Crippen molar-refractivity contribution >= 4 is 0 Å². The Morgan fingerprint density at radius 1 is 1.14 bits per heavy atom. The Hall–Kier alpha value is -0.0400. The van der Waals surface area contributed by atoms with E-state index in [1.54, 1.807) is 6.42 Å². The van der Waals surface area contributed by atoms with Gasteiger partial charge in [-0.3, -0.25) is 0 Å². The molecule has 3 rings (SSSR count). The van der Waals surface area contributed by atoms with Gasteiger partial charge in [-0.1, -0.05) is 0 Å².